The minimum atomic E-state index is -1.84. The van der Waals surface area contributed by atoms with Gasteiger partial charge in [-0.05, 0) is 36.6 Å². The van der Waals surface area contributed by atoms with E-state index in [1.54, 1.807) is 0 Å². The van der Waals surface area contributed by atoms with Gasteiger partial charge in [-0.1, -0.05) is 65.6 Å². The molecule has 0 heterocycles. The van der Waals surface area contributed by atoms with Gasteiger partial charge in [-0.2, -0.15) is 0 Å². The molecule has 0 bridgehead atoms. The van der Waals surface area contributed by atoms with Crippen molar-refractivity contribution in [3.8, 4) is 0 Å². The largest absolute Gasteiger partial charge is 0.411 e. The Labute approximate surface area is 173 Å². The van der Waals surface area contributed by atoms with Gasteiger partial charge < -0.3 is 13.9 Å². The molecule has 0 aliphatic heterocycles. The summed E-state index contributed by atoms with van der Waals surface area (Å²) in [5.74, 6) is 0. The highest BCUT2D eigenvalue weighted by atomic mass is 28.4. The molecule has 0 saturated carbocycles. The van der Waals surface area contributed by atoms with Crippen molar-refractivity contribution in [2.45, 2.75) is 103 Å². The van der Waals surface area contributed by atoms with Gasteiger partial charge in [-0.3, -0.25) is 0 Å². The van der Waals surface area contributed by atoms with Crippen LogP contribution in [0.4, 0.5) is 0 Å². The molecule has 27 heavy (non-hydrogen) atoms. The Morgan fingerprint density at radius 2 is 1.44 bits per heavy atom. The first-order valence-corrected chi connectivity index (χ1v) is 20.8. The first kappa shape index (κ1) is 27.3. The predicted octanol–water partition coefficient (Wildman–Crippen LogP) is 6.99. The molecular formula is C21H48O3Si3. The van der Waals surface area contributed by atoms with Crippen molar-refractivity contribution in [1.29, 1.82) is 0 Å². The molecule has 0 rings (SSSR count). The lowest BCUT2D eigenvalue weighted by Crippen LogP contribution is -2.45. The van der Waals surface area contributed by atoms with Crippen LogP contribution in [-0.4, -0.2) is 50.6 Å². The highest BCUT2D eigenvalue weighted by molar-refractivity contribution is 6.76. The molecule has 0 aliphatic rings. The quantitative estimate of drug-likeness (QED) is 0.136. The second-order valence-corrected chi connectivity index (χ2v) is 27.8. The summed E-state index contributed by atoms with van der Waals surface area (Å²) in [6, 6.07) is 2.32. The Morgan fingerprint density at radius 3 is 1.89 bits per heavy atom. The molecular weight excluding hydrogens is 384 g/mol. The van der Waals surface area contributed by atoms with E-state index in [0.29, 0.717) is 13.4 Å². The molecule has 0 fully saturated rings. The summed E-state index contributed by atoms with van der Waals surface area (Å²) in [6.07, 6.45) is 0.974. The Balaban J connectivity index is 4.68. The van der Waals surface area contributed by atoms with Crippen LogP contribution in [0.15, 0.2) is 12.2 Å². The van der Waals surface area contributed by atoms with Crippen molar-refractivity contribution >= 4 is 24.5 Å². The SMILES string of the molecule is C=C(CC(COCOCC[Si](C)(C)C)O[Si](C)(C)C(C)(C)C)C[Si](C)(C)C. The molecule has 3 nitrogen and oxygen atoms in total. The normalized spacial score (nSPS) is 15.1. The van der Waals surface area contributed by atoms with Gasteiger partial charge in [0.1, 0.15) is 6.79 Å². The fraction of sp³-hybridized carbons (Fsp3) is 0.905. The molecule has 0 saturated heterocycles. The fourth-order valence-corrected chi connectivity index (χ4v) is 6.29. The number of hydrogen-bond donors (Lipinski definition) is 0. The van der Waals surface area contributed by atoms with E-state index in [-0.39, 0.29) is 11.1 Å². The highest BCUT2D eigenvalue weighted by Gasteiger charge is 2.39. The molecule has 0 N–H and O–H groups in total. The Hall–Kier alpha value is 0.271. The van der Waals surface area contributed by atoms with Crippen LogP contribution in [0.1, 0.15) is 27.2 Å². The third kappa shape index (κ3) is 14.0. The first-order valence-electron chi connectivity index (χ1n) is 10.4. The minimum absolute atomic E-state index is 0.0790. The molecule has 162 valence electrons. The van der Waals surface area contributed by atoms with Crippen LogP contribution in [0.2, 0.25) is 69.5 Å². The zero-order chi connectivity index (χ0) is 21.5. The summed E-state index contributed by atoms with van der Waals surface area (Å²) in [4.78, 5) is 0. The zero-order valence-electron chi connectivity index (χ0n) is 20.3. The molecule has 0 aliphatic carbocycles. The maximum Gasteiger partial charge on any atom is 0.192 e. The van der Waals surface area contributed by atoms with Crippen LogP contribution >= 0.6 is 0 Å². The van der Waals surface area contributed by atoms with Crippen LogP contribution in [0.3, 0.4) is 0 Å². The van der Waals surface area contributed by atoms with Crippen molar-refractivity contribution in [3.63, 3.8) is 0 Å². The van der Waals surface area contributed by atoms with Gasteiger partial charge >= 0.3 is 0 Å². The van der Waals surface area contributed by atoms with Crippen LogP contribution in [0.25, 0.3) is 0 Å². The summed E-state index contributed by atoms with van der Waals surface area (Å²) in [6.45, 7) is 31.8. The van der Waals surface area contributed by atoms with Crippen LogP contribution in [0, 0.1) is 0 Å². The molecule has 0 aromatic carbocycles. The first-order chi connectivity index (χ1) is 11.9. The van der Waals surface area contributed by atoms with Gasteiger partial charge in [0.2, 0.25) is 0 Å². The topological polar surface area (TPSA) is 27.7 Å². The number of ether oxygens (including phenoxy) is 2. The highest BCUT2D eigenvalue weighted by Crippen LogP contribution is 2.38. The summed E-state index contributed by atoms with van der Waals surface area (Å²) < 4.78 is 18.2. The summed E-state index contributed by atoms with van der Waals surface area (Å²) in [7, 11) is -4.04. The summed E-state index contributed by atoms with van der Waals surface area (Å²) >= 11 is 0. The lowest BCUT2D eigenvalue weighted by atomic mass is 10.1. The van der Waals surface area contributed by atoms with Gasteiger partial charge in [0.25, 0.3) is 0 Å². The van der Waals surface area contributed by atoms with Crippen molar-refractivity contribution in [1.82, 2.24) is 0 Å². The van der Waals surface area contributed by atoms with Crippen molar-refractivity contribution in [3.05, 3.63) is 12.2 Å². The average Bonchev–Trinajstić information content (AvgIpc) is 2.37. The van der Waals surface area contributed by atoms with Gasteiger partial charge in [0, 0.05) is 22.8 Å². The lowest BCUT2D eigenvalue weighted by Gasteiger charge is -2.39. The second kappa shape index (κ2) is 10.9. The maximum atomic E-state index is 6.67. The van der Waals surface area contributed by atoms with E-state index in [1.807, 2.05) is 0 Å². The number of rotatable bonds is 13. The van der Waals surface area contributed by atoms with E-state index in [4.69, 9.17) is 13.9 Å². The van der Waals surface area contributed by atoms with E-state index in [0.717, 1.165) is 19.1 Å². The molecule has 1 unspecified atom stereocenters. The van der Waals surface area contributed by atoms with Crippen molar-refractivity contribution in [2.24, 2.45) is 0 Å². The minimum Gasteiger partial charge on any atom is -0.411 e. The van der Waals surface area contributed by atoms with E-state index in [9.17, 15) is 0 Å². The standard InChI is InChI=1S/C21H48O3Si3/c1-19(17-26(8,9)10)15-20(24-27(11,12)21(2,3)4)16-23-18-22-13-14-25(5,6)7/h20H,1,13-18H2,2-12H3. The molecule has 0 aromatic heterocycles. The Bertz CT molecular complexity index is 443. The monoisotopic (exact) mass is 432 g/mol. The maximum absolute atomic E-state index is 6.67. The average molecular weight is 433 g/mol. The molecule has 0 radical (unpaired) electrons. The summed E-state index contributed by atoms with van der Waals surface area (Å²) in [5, 5.41) is 0.194. The van der Waals surface area contributed by atoms with Crippen LogP contribution in [0.5, 0.6) is 0 Å². The third-order valence-corrected chi connectivity index (χ3v) is 12.8. The molecule has 0 aromatic rings. The van der Waals surface area contributed by atoms with Gasteiger partial charge in [-0.25, -0.2) is 0 Å². The van der Waals surface area contributed by atoms with E-state index in [2.05, 4.69) is 79.7 Å². The van der Waals surface area contributed by atoms with E-state index in [1.165, 1.54) is 11.6 Å². The molecule has 6 heteroatoms. The van der Waals surface area contributed by atoms with Gasteiger partial charge in [-0.15, -0.1) is 6.58 Å². The van der Waals surface area contributed by atoms with Crippen molar-refractivity contribution < 1.29 is 13.9 Å². The fourth-order valence-electron chi connectivity index (χ4n) is 2.55. The predicted molar refractivity (Wildman–Crippen MR) is 129 cm³/mol. The molecule has 1 atom stereocenters. The smallest absolute Gasteiger partial charge is 0.192 e. The van der Waals surface area contributed by atoms with Gasteiger partial charge in [0.15, 0.2) is 8.32 Å². The van der Waals surface area contributed by atoms with Crippen LogP contribution < -0.4 is 0 Å². The van der Waals surface area contributed by atoms with Crippen LogP contribution in [-0.2, 0) is 13.9 Å². The van der Waals surface area contributed by atoms with Gasteiger partial charge in [0.05, 0.1) is 12.7 Å². The Kier molecular flexibility index (Phi) is 11.0. The second-order valence-electron chi connectivity index (χ2n) is 11.9. The van der Waals surface area contributed by atoms with Crippen molar-refractivity contribution in [2.75, 3.05) is 20.0 Å². The summed E-state index contributed by atoms with van der Waals surface area (Å²) in [5.41, 5.74) is 1.31. The molecule has 0 spiro atoms. The zero-order valence-corrected chi connectivity index (χ0v) is 23.3. The Morgan fingerprint density at radius 1 is 0.889 bits per heavy atom. The lowest BCUT2D eigenvalue weighted by molar-refractivity contribution is -0.0728. The van der Waals surface area contributed by atoms with E-state index < -0.39 is 24.5 Å². The number of hydrogen-bond acceptors (Lipinski definition) is 3. The third-order valence-electron chi connectivity index (χ3n) is 5.03. The molecule has 0 amide bonds. The van der Waals surface area contributed by atoms with E-state index >= 15 is 0 Å².